The maximum absolute atomic E-state index is 12.4. The second-order valence-corrected chi connectivity index (χ2v) is 5.36. The van der Waals surface area contributed by atoms with Crippen molar-refractivity contribution in [1.29, 1.82) is 0 Å². The summed E-state index contributed by atoms with van der Waals surface area (Å²) < 4.78 is 7.40. The first-order chi connectivity index (χ1) is 9.54. The van der Waals surface area contributed by atoms with Crippen molar-refractivity contribution in [2.45, 2.75) is 52.3 Å². The van der Waals surface area contributed by atoms with Crippen molar-refractivity contribution in [2.75, 3.05) is 18.5 Å². The standard InChI is InChI=1S/C14H24N4O2/c1-5-10(2)18-13(6-7-15-18)16-14(19)17-8-9-20-12(4)11(17)3/h6-7,10-12H,5,8-9H2,1-4H3,(H,16,19)/t10-,11-,12-/m0/s1. The number of hydrogen-bond acceptors (Lipinski definition) is 3. The van der Waals surface area contributed by atoms with E-state index in [0.717, 1.165) is 12.2 Å². The number of carbonyl (C=O) groups is 1. The summed E-state index contributed by atoms with van der Waals surface area (Å²) in [6.07, 6.45) is 2.75. The molecule has 1 aliphatic heterocycles. The molecule has 112 valence electrons. The highest BCUT2D eigenvalue weighted by Gasteiger charge is 2.29. The minimum Gasteiger partial charge on any atom is -0.375 e. The molecule has 1 aliphatic rings. The zero-order valence-corrected chi connectivity index (χ0v) is 12.7. The van der Waals surface area contributed by atoms with E-state index in [1.807, 2.05) is 29.5 Å². The lowest BCUT2D eigenvalue weighted by atomic mass is 10.1. The average Bonchev–Trinajstić information content (AvgIpc) is 2.89. The van der Waals surface area contributed by atoms with Gasteiger partial charge in [-0.2, -0.15) is 5.10 Å². The van der Waals surface area contributed by atoms with Crippen molar-refractivity contribution in [1.82, 2.24) is 14.7 Å². The van der Waals surface area contributed by atoms with Crippen LogP contribution in [0.1, 0.15) is 40.2 Å². The van der Waals surface area contributed by atoms with Crippen LogP contribution in [-0.4, -0.2) is 46.0 Å². The molecule has 0 radical (unpaired) electrons. The molecule has 1 aromatic rings. The number of ether oxygens (including phenoxy) is 1. The van der Waals surface area contributed by atoms with Crippen LogP contribution in [0.3, 0.4) is 0 Å². The molecule has 20 heavy (non-hydrogen) atoms. The first-order valence-corrected chi connectivity index (χ1v) is 7.27. The highest BCUT2D eigenvalue weighted by atomic mass is 16.5. The van der Waals surface area contributed by atoms with Crippen molar-refractivity contribution in [3.8, 4) is 0 Å². The maximum atomic E-state index is 12.4. The van der Waals surface area contributed by atoms with E-state index in [1.54, 1.807) is 6.20 Å². The van der Waals surface area contributed by atoms with Gasteiger partial charge in [-0.3, -0.25) is 5.32 Å². The van der Waals surface area contributed by atoms with Gasteiger partial charge in [-0.15, -0.1) is 0 Å². The Hall–Kier alpha value is -1.56. The Morgan fingerprint density at radius 2 is 2.35 bits per heavy atom. The van der Waals surface area contributed by atoms with Crippen LogP contribution in [0.15, 0.2) is 12.3 Å². The Labute approximate surface area is 120 Å². The van der Waals surface area contributed by atoms with Crippen LogP contribution >= 0.6 is 0 Å². The second-order valence-electron chi connectivity index (χ2n) is 5.36. The number of aromatic nitrogens is 2. The first kappa shape index (κ1) is 14.8. The van der Waals surface area contributed by atoms with Crippen LogP contribution in [0.5, 0.6) is 0 Å². The maximum Gasteiger partial charge on any atom is 0.323 e. The molecular formula is C14H24N4O2. The molecule has 2 heterocycles. The van der Waals surface area contributed by atoms with Gasteiger partial charge < -0.3 is 9.64 Å². The number of urea groups is 1. The predicted octanol–water partition coefficient (Wildman–Crippen LogP) is 2.50. The summed E-state index contributed by atoms with van der Waals surface area (Å²) in [5, 5.41) is 7.24. The Balaban J connectivity index is 2.06. The summed E-state index contributed by atoms with van der Waals surface area (Å²) in [4.78, 5) is 14.2. The number of amides is 2. The smallest absolute Gasteiger partial charge is 0.323 e. The molecule has 0 unspecified atom stereocenters. The minimum absolute atomic E-state index is 0.0639. The molecule has 0 aromatic carbocycles. The van der Waals surface area contributed by atoms with Crippen molar-refractivity contribution < 1.29 is 9.53 Å². The molecule has 6 heteroatoms. The molecule has 1 saturated heterocycles. The lowest BCUT2D eigenvalue weighted by Crippen LogP contribution is -2.52. The van der Waals surface area contributed by atoms with Gasteiger partial charge in [0.2, 0.25) is 0 Å². The normalized spacial score (nSPS) is 24.5. The highest BCUT2D eigenvalue weighted by Crippen LogP contribution is 2.19. The molecule has 1 aromatic heterocycles. The van der Waals surface area contributed by atoms with Gasteiger partial charge in [0.1, 0.15) is 5.82 Å². The van der Waals surface area contributed by atoms with Crippen LogP contribution in [-0.2, 0) is 4.74 Å². The van der Waals surface area contributed by atoms with Crippen LogP contribution in [0, 0.1) is 0 Å². The molecule has 1 N–H and O–H groups in total. The fourth-order valence-corrected chi connectivity index (χ4v) is 2.34. The molecule has 0 aliphatic carbocycles. The number of anilines is 1. The van der Waals surface area contributed by atoms with Crippen molar-refractivity contribution >= 4 is 11.8 Å². The van der Waals surface area contributed by atoms with E-state index < -0.39 is 0 Å². The van der Waals surface area contributed by atoms with E-state index in [1.165, 1.54) is 0 Å². The molecule has 0 bridgehead atoms. The van der Waals surface area contributed by atoms with Crippen LogP contribution in [0.2, 0.25) is 0 Å². The van der Waals surface area contributed by atoms with Gasteiger partial charge in [-0.1, -0.05) is 6.92 Å². The third-order valence-electron chi connectivity index (χ3n) is 4.06. The molecule has 2 rings (SSSR count). The zero-order chi connectivity index (χ0) is 14.7. The van der Waals surface area contributed by atoms with E-state index in [-0.39, 0.29) is 24.2 Å². The highest BCUT2D eigenvalue weighted by molar-refractivity contribution is 5.88. The third-order valence-corrected chi connectivity index (χ3v) is 4.06. The van der Waals surface area contributed by atoms with E-state index >= 15 is 0 Å². The topological polar surface area (TPSA) is 59.4 Å². The Morgan fingerprint density at radius 1 is 1.60 bits per heavy atom. The summed E-state index contributed by atoms with van der Waals surface area (Å²) >= 11 is 0. The number of nitrogens with one attached hydrogen (secondary N) is 1. The fraction of sp³-hybridized carbons (Fsp3) is 0.714. The van der Waals surface area contributed by atoms with Crippen molar-refractivity contribution in [3.63, 3.8) is 0 Å². The quantitative estimate of drug-likeness (QED) is 0.925. The number of rotatable bonds is 3. The Morgan fingerprint density at radius 3 is 3.05 bits per heavy atom. The summed E-state index contributed by atoms with van der Waals surface area (Å²) in [5.74, 6) is 0.746. The summed E-state index contributed by atoms with van der Waals surface area (Å²) in [6, 6.07) is 2.08. The number of nitrogens with zero attached hydrogens (tertiary/aromatic N) is 3. The largest absolute Gasteiger partial charge is 0.375 e. The van der Waals surface area contributed by atoms with Gasteiger partial charge in [0.05, 0.1) is 31.0 Å². The first-order valence-electron chi connectivity index (χ1n) is 7.27. The van der Waals surface area contributed by atoms with E-state index in [9.17, 15) is 4.79 Å². The predicted molar refractivity (Wildman–Crippen MR) is 77.8 cm³/mol. The van der Waals surface area contributed by atoms with E-state index in [4.69, 9.17) is 4.74 Å². The van der Waals surface area contributed by atoms with Crippen LogP contribution in [0.4, 0.5) is 10.6 Å². The lowest BCUT2D eigenvalue weighted by Gasteiger charge is -2.37. The molecular weight excluding hydrogens is 256 g/mol. The van der Waals surface area contributed by atoms with Crippen LogP contribution in [0.25, 0.3) is 0 Å². The molecule has 6 nitrogen and oxygen atoms in total. The number of carbonyl (C=O) groups excluding carboxylic acids is 1. The summed E-state index contributed by atoms with van der Waals surface area (Å²) in [5.41, 5.74) is 0. The monoisotopic (exact) mass is 280 g/mol. The summed E-state index contributed by atoms with van der Waals surface area (Å²) in [6.45, 7) is 9.40. The molecule has 0 saturated carbocycles. The number of morpholine rings is 1. The SMILES string of the molecule is CC[C@H](C)n1nccc1NC(=O)N1CCO[C@@H](C)[C@@H]1C. The fourth-order valence-electron chi connectivity index (χ4n) is 2.34. The van der Waals surface area contributed by atoms with Gasteiger partial charge >= 0.3 is 6.03 Å². The van der Waals surface area contributed by atoms with Gasteiger partial charge in [0.25, 0.3) is 0 Å². The summed E-state index contributed by atoms with van der Waals surface area (Å²) in [7, 11) is 0. The zero-order valence-electron chi connectivity index (χ0n) is 12.7. The van der Waals surface area contributed by atoms with Gasteiger partial charge in [0, 0.05) is 12.6 Å². The molecule has 2 amide bonds. The Bertz CT molecular complexity index is 460. The Kier molecular flexibility index (Phi) is 4.65. The van der Waals surface area contributed by atoms with Crippen molar-refractivity contribution in [3.05, 3.63) is 12.3 Å². The number of hydrogen-bond donors (Lipinski definition) is 1. The van der Waals surface area contributed by atoms with Crippen molar-refractivity contribution in [2.24, 2.45) is 0 Å². The van der Waals surface area contributed by atoms with Gasteiger partial charge in [-0.25, -0.2) is 9.48 Å². The van der Waals surface area contributed by atoms with Gasteiger partial charge in [0.15, 0.2) is 0 Å². The van der Waals surface area contributed by atoms with E-state index in [2.05, 4.69) is 24.3 Å². The third kappa shape index (κ3) is 2.95. The van der Waals surface area contributed by atoms with Crippen LogP contribution < -0.4 is 5.32 Å². The molecule has 3 atom stereocenters. The van der Waals surface area contributed by atoms with E-state index in [0.29, 0.717) is 13.2 Å². The minimum atomic E-state index is -0.0855. The second kappa shape index (κ2) is 6.26. The average molecular weight is 280 g/mol. The molecule has 0 spiro atoms. The molecule has 1 fully saturated rings. The van der Waals surface area contributed by atoms with Gasteiger partial charge in [-0.05, 0) is 27.2 Å². The lowest BCUT2D eigenvalue weighted by molar-refractivity contribution is -0.0355.